The lowest BCUT2D eigenvalue weighted by molar-refractivity contribution is 0.0869. The van der Waals surface area contributed by atoms with Gasteiger partial charge in [-0.1, -0.05) is 35.7 Å². The van der Waals surface area contributed by atoms with Crippen molar-refractivity contribution in [2.75, 3.05) is 6.54 Å². The number of fused-ring (bicyclic) bond motifs is 1. The van der Waals surface area contributed by atoms with Gasteiger partial charge in [0, 0.05) is 11.0 Å². The minimum absolute atomic E-state index is 0.110. The van der Waals surface area contributed by atoms with Gasteiger partial charge >= 0.3 is 0 Å². The van der Waals surface area contributed by atoms with Gasteiger partial charge in [0.1, 0.15) is 4.90 Å². The molecule has 0 aromatic heterocycles. The molecule has 0 saturated carbocycles. The summed E-state index contributed by atoms with van der Waals surface area (Å²) in [7, 11) is -3.64. The zero-order valence-corrected chi connectivity index (χ0v) is 12.4. The molecule has 0 bridgehead atoms. The Kier molecular flexibility index (Phi) is 3.77. The number of carbonyl (C=O) groups is 1. The smallest absolute Gasteiger partial charge is 0.268 e. The third kappa shape index (κ3) is 2.19. The Balaban J connectivity index is 2.36. The van der Waals surface area contributed by atoms with E-state index in [1.165, 1.54) is 6.07 Å². The van der Waals surface area contributed by atoms with E-state index in [4.69, 9.17) is 0 Å². The van der Waals surface area contributed by atoms with Crippen LogP contribution in [-0.4, -0.2) is 25.2 Å². The summed E-state index contributed by atoms with van der Waals surface area (Å²) < 4.78 is 26.1. The van der Waals surface area contributed by atoms with Gasteiger partial charge in [-0.3, -0.25) is 4.79 Å². The van der Waals surface area contributed by atoms with Crippen molar-refractivity contribution in [1.82, 2.24) is 4.31 Å². The molecule has 0 atom stereocenters. The maximum Gasteiger partial charge on any atom is 0.269 e. The van der Waals surface area contributed by atoms with E-state index in [0.29, 0.717) is 10.9 Å². The van der Waals surface area contributed by atoms with Crippen LogP contribution in [0.25, 0.3) is 0 Å². The van der Waals surface area contributed by atoms with E-state index in [1.54, 1.807) is 12.1 Å². The molecule has 1 aromatic carbocycles. The van der Waals surface area contributed by atoms with Crippen LogP contribution in [0.3, 0.4) is 0 Å². The monoisotopic (exact) mass is 331 g/mol. The summed E-state index contributed by atoms with van der Waals surface area (Å²) in [6, 6.07) is 4.73. The standard InChI is InChI=1S/C12H14BrNO3S/c1-2-3-4-7-14-12(15)10-6-5-9(13)8-11(10)18(14,16)17/h5-6,8H,2-4,7H2,1H3. The van der Waals surface area contributed by atoms with Gasteiger partial charge in [-0.15, -0.1) is 0 Å². The predicted octanol–water partition coefficient (Wildman–Crippen LogP) is 2.78. The summed E-state index contributed by atoms with van der Waals surface area (Å²) >= 11 is 3.23. The maximum absolute atomic E-state index is 12.2. The first-order valence-electron chi connectivity index (χ1n) is 5.85. The quantitative estimate of drug-likeness (QED) is 0.797. The second kappa shape index (κ2) is 5.01. The highest BCUT2D eigenvalue weighted by atomic mass is 79.9. The van der Waals surface area contributed by atoms with E-state index in [0.717, 1.165) is 17.1 Å². The number of carbonyl (C=O) groups excluding carboxylic acids is 1. The molecular weight excluding hydrogens is 318 g/mol. The van der Waals surface area contributed by atoms with Crippen molar-refractivity contribution >= 4 is 31.9 Å². The summed E-state index contributed by atoms with van der Waals surface area (Å²) in [6.45, 7) is 2.30. The largest absolute Gasteiger partial charge is 0.269 e. The lowest BCUT2D eigenvalue weighted by Crippen LogP contribution is -2.30. The topological polar surface area (TPSA) is 54.5 Å². The van der Waals surface area contributed by atoms with Crippen molar-refractivity contribution in [3.05, 3.63) is 28.2 Å². The van der Waals surface area contributed by atoms with Crippen LogP contribution in [0, 0.1) is 0 Å². The Morgan fingerprint density at radius 3 is 2.67 bits per heavy atom. The molecule has 98 valence electrons. The van der Waals surface area contributed by atoms with Crippen molar-refractivity contribution in [1.29, 1.82) is 0 Å². The second-order valence-electron chi connectivity index (χ2n) is 4.23. The minimum Gasteiger partial charge on any atom is -0.268 e. The van der Waals surface area contributed by atoms with Gasteiger partial charge in [0.25, 0.3) is 15.9 Å². The SMILES string of the molecule is CCCCCN1C(=O)c2ccc(Br)cc2S1(=O)=O. The van der Waals surface area contributed by atoms with Crippen molar-refractivity contribution in [3.63, 3.8) is 0 Å². The molecule has 0 unspecified atom stereocenters. The van der Waals surface area contributed by atoms with Gasteiger partial charge in [0.2, 0.25) is 0 Å². The number of benzene rings is 1. The molecule has 0 radical (unpaired) electrons. The summed E-state index contributed by atoms with van der Waals surface area (Å²) in [5, 5.41) is 0. The molecule has 0 aliphatic carbocycles. The van der Waals surface area contributed by atoms with Crippen molar-refractivity contribution in [2.24, 2.45) is 0 Å². The van der Waals surface area contributed by atoms with Gasteiger partial charge in [-0.2, -0.15) is 0 Å². The van der Waals surface area contributed by atoms with E-state index in [1.807, 2.05) is 6.92 Å². The van der Waals surface area contributed by atoms with Crippen LogP contribution in [0.4, 0.5) is 0 Å². The van der Waals surface area contributed by atoms with Gasteiger partial charge in [0.05, 0.1) is 5.56 Å². The van der Waals surface area contributed by atoms with Gasteiger partial charge in [-0.05, 0) is 24.6 Å². The fraction of sp³-hybridized carbons (Fsp3) is 0.417. The average Bonchev–Trinajstić information content (AvgIpc) is 2.50. The third-order valence-corrected chi connectivity index (χ3v) is 5.25. The first-order chi connectivity index (χ1) is 8.48. The zero-order chi connectivity index (χ0) is 13.3. The van der Waals surface area contributed by atoms with Crippen LogP contribution in [0.15, 0.2) is 27.6 Å². The molecule has 6 heteroatoms. The lowest BCUT2D eigenvalue weighted by atomic mass is 10.2. The molecule has 4 nitrogen and oxygen atoms in total. The molecule has 18 heavy (non-hydrogen) atoms. The number of hydrogen-bond donors (Lipinski definition) is 0. The van der Waals surface area contributed by atoms with Crippen LogP contribution in [0.1, 0.15) is 36.5 Å². The molecule has 1 aromatic rings. The summed E-state index contributed by atoms with van der Waals surface area (Å²) in [5.74, 6) is -0.409. The summed E-state index contributed by atoms with van der Waals surface area (Å²) in [6.07, 6.45) is 2.61. The number of unbranched alkanes of at least 4 members (excludes halogenated alkanes) is 2. The Bertz CT molecular complexity index is 583. The fourth-order valence-electron chi connectivity index (χ4n) is 1.98. The van der Waals surface area contributed by atoms with Gasteiger partial charge in [-0.25, -0.2) is 12.7 Å². The molecular formula is C12H14BrNO3S. The van der Waals surface area contributed by atoms with E-state index < -0.39 is 15.9 Å². The summed E-state index contributed by atoms with van der Waals surface area (Å²) in [4.78, 5) is 12.2. The van der Waals surface area contributed by atoms with E-state index >= 15 is 0 Å². The van der Waals surface area contributed by atoms with E-state index in [9.17, 15) is 13.2 Å². The van der Waals surface area contributed by atoms with Gasteiger partial charge in [0.15, 0.2) is 0 Å². The van der Waals surface area contributed by atoms with Gasteiger partial charge < -0.3 is 0 Å². The Morgan fingerprint density at radius 2 is 2.00 bits per heavy atom. The number of halogens is 1. The molecule has 0 saturated heterocycles. The highest BCUT2D eigenvalue weighted by Gasteiger charge is 2.40. The average molecular weight is 332 g/mol. The normalized spacial score (nSPS) is 17.0. The number of hydrogen-bond acceptors (Lipinski definition) is 3. The van der Waals surface area contributed by atoms with Crippen LogP contribution in [-0.2, 0) is 10.0 Å². The molecule has 2 rings (SSSR count). The van der Waals surface area contributed by atoms with Crippen molar-refractivity contribution < 1.29 is 13.2 Å². The highest BCUT2D eigenvalue weighted by molar-refractivity contribution is 9.10. The number of amides is 1. The Labute approximate surface area is 115 Å². The number of sulfonamides is 1. The highest BCUT2D eigenvalue weighted by Crippen LogP contribution is 2.32. The lowest BCUT2D eigenvalue weighted by Gasteiger charge is -2.14. The van der Waals surface area contributed by atoms with Crippen LogP contribution < -0.4 is 0 Å². The Morgan fingerprint density at radius 1 is 1.28 bits per heavy atom. The number of rotatable bonds is 4. The van der Waals surface area contributed by atoms with E-state index in [-0.39, 0.29) is 17.0 Å². The molecule has 0 spiro atoms. The fourth-order valence-corrected chi connectivity index (χ4v) is 4.12. The van der Waals surface area contributed by atoms with Crippen molar-refractivity contribution in [3.8, 4) is 0 Å². The maximum atomic E-state index is 12.2. The van der Waals surface area contributed by atoms with Crippen LogP contribution >= 0.6 is 15.9 Å². The Hall–Kier alpha value is -0.880. The summed E-state index contributed by atoms with van der Waals surface area (Å²) in [5.41, 5.74) is 0.273. The van der Waals surface area contributed by atoms with Crippen LogP contribution in [0.5, 0.6) is 0 Å². The second-order valence-corrected chi connectivity index (χ2v) is 6.98. The van der Waals surface area contributed by atoms with Crippen LogP contribution in [0.2, 0.25) is 0 Å². The molecule has 1 aliphatic heterocycles. The molecule has 1 amide bonds. The number of nitrogens with zero attached hydrogens (tertiary/aromatic N) is 1. The first-order valence-corrected chi connectivity index (χ1v) is 8.08. The molecule has 0 N–H and O–H groups in total. The first kappa shape index (κ1) is 13.5. The predicted molar refractivity (Wildman–Crippen MR) is 71.9 cm³/mol. The third-order valence-electron chi connectivity index (χ3n) is 2.93. The molecule has 1 heterocycles. The minimum atomic E-state index is -3.64. The zero-order valence-electron chi connectivity index (χ0n) is 10.0. The molecule has 0 fully saturated rings. The van der Waals surface area contributed by atoms with E-state index in [2.05, 4.69) is 15.9 Å². The molecule has 1 aliphatic rings. The van der Waals surface area contributed by atoms with Crippen molar-refractivity contribution in [2.45, 2.75) is 31.1 Å².